The predicted molar refractivity (Wildman–Crippen MR) is 75.3 cm³/mol. The maximum atomic E-state index is 9.71. The van der Waals surface area contributed by atoms with Gasteiger partial charge in [0.15, 0.2) is 11.3 Å². The van der Waals surface area contributed by atoms with Gasteiger partial charge >= 0.3 is 0 Å². The highest BCUT2D eigenvalue weighted by atomic mass is 16.5. The van der Waals surface area contributed by atoms with Gasteiger partial charge in [0.25, 0.3) is 0 Å². The third kappa shape index (κ3) is 3.28. The van der Waals surface area contributed by atoms with Crippen LogP contribution in [0, 0.1) is 5.92 Å². The van der Waals surface area contributed by atoms with Crippen molar-refractivity contribution in [2.75, 3.05) is 13.7 Å². The highest BCUT2D eigenvalue weighted by molar-refractivity contribution is 5.83. The number of rotatable bonds is 6. The molecule has 4 heteroatoms. The van der Waals surface area contributed by atoms with Crippen molar-refractivity contribution in [3.63, 3.8) is 0 Å². The van der Waals surface area contributed by atoms with Crippen LogP contribution in [0.1, 0.15) is 19.6 Å². The molecule has 2 N–H and O–H groups in total. The second-order valence-electron chi connectivity index (χ2n) is 5.03. The summed E-state index contributed by atoms with van der Waals surface area (Å²) < 4.78 is 11.0. The molecule has 2 aromatic rings. The highest BCUT2D eigenvalue weighted by Crippen LogP contribution is 2.28. The minimum absolute atomic E-state index is 0.253. The standard InChI is InChI=1S/C15H21NO3/c1-10(2)13(17)9-16-8-12-7-11-5-4-6-14(18-3)15(11)19-12/h4-7,10,13,16-17H,8-9H2,1-3H3. The molecule has 1 aromatic carbocycles. The van der Waals surface area contributed by atoms with E-state index in [0.29, 0.717) is 13.1 Å². The van der Waals surface area contributed by atoms with Gasteiger partial charge < -0.3 is 19.6 Å². The van der Waals surface area contributed by atoms with E-state index in [4.69, 9.17) is 9.15 Å². The van der Waals surface area contributed by atoms with E-state index in [0.717, 1.165) is 22.5 Å². The first-order valence-electron chi connectivity index (χ1n) is 6.56. The summed E-state index contributed by atoms with van der Waals surface area (Å²) in [5.74, 6) is 1.84. The zero-order chi connectivity index (χ0) is 13.8. The Balaban J connectivity index is 2.02. The summed E-state index contributed by atoms with van der Waals surface area (Å²) in [5, 5.41) is 13.9. The van der Waals surface area contributed by atoms with Crippen molar-refractivity contribution in [1.82, 2.24) is 5.32 Å². The zero-order valence-electron chi connectivity index (χ0n) is 11.6. The Morgan fingerprint density at radius 3 is 2.84 bits per heavy atom. The second-order valence-corrected chi connectivity index (χ2v) is 5.03. The lowest BCUT2D eigenvalue weighted by molar-refractivity contribution is 0.123. The molecule has 1 atom stereocenters. The van der Waals surface area contributed by atoms with Gasteiger partial charge in [-0.1, -0.05) is 26.0 Å². The number of para-hydroxylation sites is 1. The van der Waals surface area contributed by atoms with Crippen molar-refractivity contribution in [2.45, 2.75) is 26.5 Å². The molecular weight excluding hydrogens is 242 g/mol. The van der Waals surface area contributed by atoms with Crippen molar-refractivity contribution < 1.29 is 14.3 Å². The molecule has 104 valence electrons. The van der Waals surface area contributed by atoms with Crippen molar-refractivity contribution >= 4 is 11.0 Å². The first-order valence-corrected chi connectivity index (χ1v) is 6.56. The number of benzene rings is 1. The Hall–Kier alpha value is -1.52. The minimum Gasteiger partial charge on any atom is -0.493 e. The van der Waals surface area contributed by atoms with Crippen LogP contribution < -0.4 is 10.1 Å². The van der Waals surface area contributed by atoms with Crippen LogP contribution in [0.5, 0.6) is 5.75 Å². The molecule has 0 radical (unpaired) electrons. The van der Waals surface area contributed by atoms with E-state index in [1.54, 1.807) is 7.11 Å². The van der Waals surface area contributed by atoms with Crippen LogP contribution in [-0.4, -0.2) is 24.9 Å². The summed E-state index contributed by atoms with van der Waals surface area (Å²) >= 11 is 0. The van der Waals surface area contributed by atoms with Gasteiger partial charge in [0.2, 0.25) is 0 Å². The molecule has 19 heavy (non-hydrogen) atoms. The van der Waals surface area contributed by atoms with Gasteiger partial charge in [-0.05, 0) is 18.1 Å². The zero-order valence-corrected chi connectivity index (χ0v) is 11.6. The molecule has 0 spiro atoms. The molecule has 0 fully saturated rings. The SMILES string of the molecule is COc1cccc2cc(CNCC(O)C(C)C)oc12. The quantitative estimate of drug-likeness (QED) is 0.841. The normalized spacial score (nSPS) is 13.1. The van der Waals surface area contributed by atoms with E-state index in [9.17, 15) is 5.11 Å². The molecule has 4 nitrogen and oxygen atoms in total. The fraction of sp³-hybridized carbons (Fsp3) is 0.467. The topological polar surface area (TPSA) is 54.6 Å². The van der Waals surface area contributed by atoms with E-state index in [1.165, 1.54) is 0 Å². The molecule has 0 bridgehead atoms. The van der Waals surface area contributed by atoms with E-state index < -0.39 is 0 Å². The van der Waals surface area contributed by atoms with Gasteiger partial charge in [-0.3, -0.25) is 0 Å². The fourth-order valence-electron chi connectivity index (χ4n) is 1.92. The van der Waals surface area contributed by atoms with Gasteiger partial charge in [0, 0.05) is 11.9 Å². The Kier molecular flexibility index (Phi) is 4.45. The van der Waals surface area contributed by atoms with Crippen LogP contribution >= 0.6 is 0 Å². The van der Waals surface area contributed by atoms with Crippen molar-refractivity contribution in [3.8, 4) is 5.75 Å². The lowest BCUT2D eigenvalue weighted by atomic mass is 10.1. The van der Waals surface area contributed by atoms with Crippen LogP contribution in [-0.2, 0) is 6.54 Å². The maximum absolute atomic E-state index is 9.71. The number of ether oxygens (including phenoxy) is 1. The average Bonchev–Trinajstić information content (AvgIpc) is 2.80. The molecule has 1 heterocycles. The third-order valence-corrected chi connectivity index (χ3v) is 3.20. The molecular formula is C15H21NO3. The van der Waals surface area contributed by atoms with Crippen LogP contribution in [0.25, 0.3) is 11.0 Å². The van der Waals surface area contributed by atoms with E-state index in [2.05, 4.69) is 5.32 Å². The summed E-state index contributed by atoms with van der Waals surface area (Å²) in [6.45, 7) is 5.16. The second kappa shape index (κ2) is 6.08. The Bertz CT molecular complexity index is 533. The molecule has 2 rings (SSSR count). The lowest BCUT2D eigenvalue weighted by Gasteiger charge is -2.14. The molecule has 0 saturated heterocycles. The predicted octanol–water partition coefficient (Wildman–Crippen LogP) is 2.55. The number of hydrogen-bond acceptors (Lipinski definition) is 4. The minimum atomic E-state index is -0.334. The van der Waals surface area contributed by atoms with Gasteiger partial charge in [-0.15, -0.1) is 0 Å². The third-order valence-electron chi connectivity index (χ3n) is 3.20. The number of aliphatic hydroxyl groups excluding tert-OH is 1. The smallest absolute Gasteiger partial charge is 0.176 e. The maximum Gasteiger partial charge on any atom is 0.176 e. The van der Waals surface area contributed by atoms with Crippen LogP contribution in [0.4, 0.5) is 0 Å². The van der Waals surface area contributed by atoms with Crippen molar-refractivity contribution in [2.24, 2.45) is 5.92 Å². The highest BCUT2D eigenvalue weighted by Gasteiger charge is 2.10. The molecule has 1 unspecified atom stereocenters. The van der Waals surface area contributed by atoms with Crippen molar-refractivity contribution in [1.29, 1.82) is 0 Å². The number of hydrogen-bond donors (Lipinski definition) is 2. The number of nitrogens with one attached hydrogen (secondary N) is 1. The Morgan fingerprint density at radius 1 is 1.37 bits per heavy atom. The fourth-order valence-corrected chi connectivity index (χ4v) is 1.92. The molecule has 1 aromatic heterocycles. The van der Waals surface area contributed by atoms with E-state index in [1.807, 2.05) is 38.1 Å². The number of aliphatic hydroxyl groups is 1. The molecule has 0 aliphatic carbocycles. The molecule has 0 saturated carbocycles. The summed E-state index contributed by atoms with van der Waals surface area (Å²) in [6, 6.07) is 7.81. The summed E-state index contributed by atoms with van der Waals surface area (Å²) in [7, 11) is 1.63. The first kappa shape index (κ1) is 13.9. The van der Waals surface area contributed by atoms with E-state index >= 15 is 0 Å². The Labute approximate surface area is 113 Å². The number of furan rings is 1. The summed E-state index contributed by atoms with van der Waals surface area (Å²) in [5.41, 5.74) is 0.770. The molecule has 0 amide bonds. The van der Waals surface area contributed by atoms with Crippen LogP contribution in [0.15, 0.2) is 28.7 Å². The summed E-state index contributed by atoms with van der Waals surface area (Å²) in [6.07, 6.45) is -0.334. The monoisotopic (exact) mass is 263 g/mol. The van der Waals surface area contributed by atoms with Gasteiger partial charge in [0.05, 0.1) is 19.8 Å². The molecule has 0 aliphatic rings. The van der Waals surface area contributed by atoms with E-state index in [-0.39, 0.29) is 12.0 Å². The van der Waals surface area contributed by atoms with Gasteiger partial charge in [0.1, 0.15) is 5.76 Å². The van der Waals surface area contributed by atoms with Crippen LogP contribution in [0.3, 0.4) is 0 Å². The van der Waals surface area contributed by atoms with Gasteiger partial charge in [-0.25, -0.2) is 0 Å². The lowest BCUT2D eigenvalue weighted by Crippen LogP contribution is -2.30. The molecule has 0 aliphatic heterocycles. The number of fused-ring (bicyclic) bond motifs is 1. The van der Waals surface area contributed by atoms with Gasteiger partial charge in [-0.2, -0.15) is 0 Å². The average molecular weight is 263 g/mol. The van der Waals surface area contributed by atoms with Crippen molar-refractivity contribution in [3.05, 3.63) is 30.0 Å². The first-order chi connectivity index (χ1) is 9.11. The number of methoxy groups -OCH3 is 1. The largest absolute Gasteiger partial charge is 0.493 e. The summed E-state index contributed by atoms with van der Waals surface area (Å²) in [4.78, 5) is 0. The Morgan fingerprint density at radius 2 is 2.16 bits per heavy atom. The van der Waals surface area contributed by atoms with Crippen LogP contribution in [0.2, 0.25) is 0 Å².